The number of amides is 1. The third-order valence-electron chi connectivity index (χ3n) is 3.58. The normalized spacial score (nSPS) is 26.9. The molecule has 0 spiro atoms. The monoisotopic (exact) mass is 233 g/mol. The van der Waals surface area contributed by atoms with Crippen molar-refractivity contribution in [2.45, 2.75) is 24.9 Å². The summed E-state index contributed by atoms with van der Waals surface area (Å²) in [7, 11) is 0. The van der Waals surface area contributed by atoms with Gasteiger partial charge in [-0.1, -0.05) is 30.3 Å². The van der Waals surface area contributed by atoms with Crippen molar-refractivity contribution in [3.05, 3.63) is 35.9 Å². The van der Waals surface area contributed by atoms with Crippen molar-refractivity contribution < 1.29 is 4.79 Å². The van der Waals surface area contributed by atoms with Gasteiger partial charge in [0.15, 0.2) is 0 Å². The molecule has 1 fully saturated rings. The SMILES string of the molecule is CC(C(N)=O)N1C[C@@H](N)[C@H](c2ccccc2)C1. The molecule has 4 heteroatoms. The average Bonchev–Trinajstić information content (AvgIpc) is 2.71. The molecule has 4 nitrogen and oxygen atoms in total. The van der Waals surface area contributed by atoms with E-state index >= 15 is 0 Å². The number of carbonyl (C=O) groups excluding carboxylic acids is 1. The van der Waals surface area contributed by atoms with E-state index < -0.39 is 0 Å². The first kappa shape index (κ1) is 12.1. The van der Waals surface area contributed by atoms with Crippen LogP contribution >= 0.6 is 0 Å². The van der Waals surface area contributed by atoms with Crippen molar-refractivity contribution in [1.29, 1.82) is 0 Å². The Kier molecular flexibility index (Phi) is 3.45. The maximum Gasteiger partial charge on any atom is 0.234 e. The number of carbonyl (C=O) groups is 1. The highest BCUT2D eigenvalue weighted by Crippen LogP contribution is 2.27. The number of nitrogens with two attached hydrogens (primary N) is 2. The highest BCUT2D eigenvalue weighted by Gasteiger charge is 2.34. The molecule has 1 aliphatic heterocycles. The first-order valence-electron chi connectivity index (χ1n) is 5.93. The van der Waals surface area contributed by atoms with Gasteiger partial charge in [-0.25, -0.2) is 0 Å². The van der Waals surface area contributed by atoms with Crippen molar-refractivity contribution in [2.24, 2.45) is 11.5 Å². The molecule has 0 radical (unpaired) electrons. The molecule has 2 rings (SSSR count). The van der Waals surface area contributed by atoms with Crippen molar-refractivity contribution >= 4 is 5.91 Å². The summed E-state index contributed by atoms with van der Waals surface area (Å²) >= 11 is 0. The molecule has 17 heavy (non-hydrogen) atoms. The van der Waals surface area contributed by atoms with Gasteiger partial charge in [-0.3, -0.25) is 9.69 Å². The predicted molar refractivity (Wildman–Crippen MR) is 67.4 cm³/mol. The van der Waals surface area contributed by atoms with E-state index in [2.05, 4.69) is 17.0 Å². The second-order valence-electron chi connectivity index (χ2n) is 4.71. The van der Waals surface area contributed by atoms with Gasteiger partial charge in [-0.2, -0.15) is 0 Å². The van der Waals surface area contributed by atoms with Gasteiger partial charge in [-0.15, -0.1) is 0 Å². The molecule has 1 aromatic carbocycles. The minimum Gasteiger partial charge on any atom is -0.368 e. The smallest absolute Gasteiger partial charge is 0.234 e. The molecule has 0 aromatic heterocycles. The highest BCUT2D eigenvalue weighted by atomic mass is 16.1. The van der Waals surface area contributed by atoms with Gasteiger partial charge in [0.1, 0.15) is 0 Å². The second kappa shape index (κ2) is 4.85. The molecular formula is C13H19N3O. The van der Waals surface area contributed by atoms with Gasteiger partial charge in [0.25, 0.3) is 0 Å². The van der Waals surface area contributed by atoms with Crippen molar-refractivity contribution in [1.82, 2.24) is 4.90 Å². The van der Waals surface area contributed by atoms with Crippen LogP contribution in [0.1, 0.15) is 18.4 Å². The lowest BCUT2D eigenvalue weighted by Gasteiger charge is -2.21. The number of benzene rings is 1. The molecule has 0 bridgehead atoms. The Bertz CT molecular complexity index is 393. The van der Waals surface area contributed by atoms with Gasteiger partial charge in [-0.05, 0) is 12.5 Å². The van der Waals surface area contributed by atoms with Crippen LogP contribution in [-0.4, -0.2) is 36.0 Å². The van der Waals surface area contributed by atoms with Gasteiger partial charge >= 0.3 is 0 Å². The molecule has 3 atom stereocenters. The molecule has 4 N–H and O–H groups in total. The Labute approximate surface area is 102 Å². The first-order chi connectivity index (χ1) is 8.09. The number of hydrogen-bond acceptors (Lipinski definition) is 3. The van der Waals surface area contributed by atoms with Crippen LogP contribution in [0.3, 0.4) is 0 Å². The minimum atomic E-state index is -0.286. The molecule has 1 aromatic rings. The third kappa shape index (κ3) is 2.48. The summed E-state index contributed by atoms with van der Waals surface area (Å²) in [5, 5.41) is 0. The van der Waals surface area contributed by atoms with E-state index in [1.807, 2.05) is 25.1 Å². The summed E-state index contributed by atoms with van der Waals surface area (Å²) in [6.07, 6.45) is 0. The first-order valence-corrected chi connectivity index (χ1v) is 5.93. The molecule has 1 aliphatic rings. The Morgan fingerprint density at radius 2 is 2.00 bits per heavy atom. The van der Waals surface area contributed by atoms with Gasteiger partial charge in [0.05, 0.1) is 6.04 Å². The Balaban J connectivity index is 2.10. The van der Waals surface area contributed by atoms with E-state index in [1.165, 1.54) is 5.56 Å². The molecule has 92 valence electrons. The topological polar surface area (TPSA) is 72.4 Å². The van der Waals surface area contributed by atoms with Crippen molar-refractivity contribution in [3.63, 3.8) is 0 Å². The van der Waals surface area contributed by atoms with Gasteiger partial charge in [0, 0.05) is 25.0 Å². The molecule has 0 aliphatic carbocycles. The summed E-state index contributed by atoms with van der Waals surface area (Å²) < 4.78 is 0. The van der Waals surface area contributed by atoms with E-state index in [0.29, 0.717) is 0 Å². The van der Waals surface area contributed by atoms with E-state index in [9.17, 15) is 4.79 Å². The van der Waals surface area contributed by atoms with Crippen LogP contribution < -0.4 is 11.5 Å². The van der Waals surface area contributed by atoms with E-state index in [0.717, 1.165) is 13.1 Å². The summed E-state index contributed by atoms with van der Waals surface area (Å²) in [6.45, 7) is 3.36. The number of rotatable bonds is 3. The fourth-order valence-corrected chi connectivity index (χ4v) is 2.41. The van der Waals surface area contributed by atoms with E-state index in [-0.39, 0.29) is 23.9 Å². The molecule has 1 unspecified atom stereocenters. The lowest BCUT2D eigenvalue weighted by Crippen LogP contribution is -2.42. The quantitative estimate of drug-likeness (QED) is 0.788. The lowest BCUT2D eigenvalue weighted by atomic mass is 9.95. The third-order valence-corrected chi connectivity index (χ3v) is 3.58. The molecule has 1 heterocycles. The summed E-state index contributed by atoms with van der Waals surface area (Å²) in [5.74, 6) is 0.00362. The Morgan fingerprint density at radius 3 is 2.59 bits per heavy atom. The molecule has 0 saturated carbocycles. The van der Waals surface area contributed by atoms with Crippen LogP contribution in [0.15, 0.2) is 30.3 Å². The molecular weight excluding hydrogens is 214 g/mol. The molecule has 1 amide bonds. The summed E-state index contributed by atoms with van der Waals surface area (Å²) in [4.78, 5) is 13.2. The Morgan fingerprint density at radius 1 is 1.35 bits per heavy atom. The fourth-order valence-electron chi connectivity index (χ4n) is 2.41. The average molecular weight is 233 g/mol. The summed E-state index contributed by atoms with van der Waals surface area (Å²) in [5.41, 5.74) is 12.7. The number of primary amides is 1. The van der Waals surface area contributed by atoms with Crippen LogP contribution in [0, 0.1) is 0 Å². The fraction of sp³-hybridized carbons (Fsp3) is 0.462. The number of hydrogen-bond donors (Lipinski definition) is 2. The van der Waals surface area contributed by atoms with Crippen molar-refractivity contribution in [2.75, 3.05) is 13.1 Å². The van der Waals surface area contributed by atoms with Crippen LogP contribution in [-0.2, 0) is 4.79 Å². The minimum absolute atomic E-state index is 0.0687. The maximum absolute atomic E-state index is 11.2. The maximum atomic E-state index is 11.2. The van der Waals surface area contributed by atoms with Gasteiger partial charge < -0.3 is 11.5 Å². The largest absolute Gasteiger partial charge is 0.368 e. The standard InChI is InChI=1S/C13H19N3O/c1-9(13(15)17)16-7-11(12(14)8-16)10-5-3-2-4-6-10/h2-6,9,11-12H,7-8,14H2,1H3,(H2,15,17)/t9?,11-,12+/m0/s1. The van der Waals surface area contributed by atoms with Crippen LogP contribution in [0.4, 0.5) is 0 Å². The van der Waals surface area contributed by atoms with Crippen LogP contribution in [0.5, 0.6) is 0 Å². The zero-order valence-electron chi connectivity index (χ0n) is 10.0. The highest BCUT2D eigenvalue weighted by molar-refractivity contribution is 5.79. The van der Waals surface area contributed by atoms with Crippen LogP contribution in [0.25, 0.3) is 0 Å². The zero-order valence-corrected chi connectivity index (χ0v) is 10.0. The lowest BCUT2D eigenvalue weighted by molar-refractivity contribution is -0.122. The Hall–Kier alpha value is -1.39. The summed E-state index contributed by atoms with van der Waals surface area (Å²) in [6, 6.07) is 10.0. The van der Waals surface area contributed by atoms with Crippen LogP contribution in [0.2, 0.25) is 0 Å². The van der Waals surface area contributed by atoms with E-state index in [1.54, 1.807) is 0 Å². The predicted octanol–water partition coefficient (Wildman–Crippen LogP) is 0.287. The zero-order chi connectivity index (χ0) is 12.4. The molecule has 1 saturated heterocycles. The number of likely N-dealkylation sites (tertiary alicyclic amines) is 1. The second-order valence-corrected chi connectivity index (χ2v) is 4.71. The number of nitrogens with zero attached hydrogens (tertiary/aromatic N) is 1. The van der Waals surface area contributed by atoms with Crippen molar-refractivity contribution in [3.8, 4) is 0 Å². The van der Waals surface area contributed by atoms with E-state index in [4.69, 9.17) is 11.5 Å². The van der Waals surface area contributed by atoms with Gasteiger partial charge in [0.2, 0.25) is 5.91 Å².